The molecule has 0 aromatic carbocycles. The van der Waals surface area contributed by atoms with Crippen molar-refractivity contribution in [3.05, 3.63) is 0 Å². The summed E-state index contributed by atoms with van der Waals surface area (Å²) in [7, 11) is 1.69. The minimum absolute atomic E-state index is 0.294. The van der Waals surface area contributed by atoms with Gasteiger partial charge in [0.2, 0.25) is 0 Å². The van der Waals surface area contributed by atoms with Crippen molar-refractivity contribution in [1.29, 1.82) is 0 Å². The van der Waals surface area contributed by atoms with Crippen LogP contribution in [0.3, 0.4) is 0 Å². The maximum absolute atomic E-state index is 5.22. The van der Waals surface area contributed by atoms with Gasteiger partial charge in [0.1, 0.15) is 12.3 Å². The molecule has 4 nitrogen and oxygen atoms in total. The van der Waals surface area contributed by atoms with E-state index in [1.165, 1.54) is 0 Å². The highest BCUT2D eigenvalue weighted by molar-refractivity contribution is 6.01. The van der Waals surface area contributed by atoms with Crippen LogP contribution in [-0.4, -0.2) is 38.6 Å². The van der Waals surface area contributed by atoms with Gasteiger partial charge in [-0.2, -0.15) is 0 Å². The second-order valence-corrected chi connectivity index (χ2v) is 4.15. The van der Waals surface area contributed by atoms with Crippen LogP contribution in [0.2, 0.25) is 0 Å². The Balaban J connectivity index is 3.79. The summed E-state index contributed by atoms with van der Waals surface area (Å²) < 4.78 is 5.01. The van der Waals surface area contributed by atoms with Gasteiger partial charge in [0.25, 0.3) is 0 Å². The Bertz CT molecular complexity index is 277. The Kier molecular flexibility index (Phi) is 9.50. The lowest BCUT2D eigenvalue weighted by molar-refractivity contribution is 0.132. The molecule has 0 aliphatic carbocycles. The van der Waals surface area contributed by atoms with Gasteiger partial charge in [-0.3, -0.25) is 0 Å². The highest BCUT2D eigenvalue weighted by atomic mass is 16.6. The van der Waals surface area contributed by atoms with Crippen molar-refractivity contribution < 1.29 is 9.57 Å². The molecule has 0 aliphatic rings. The van der Waals surface area contributed by atoms with E-state index >= 15 is 0 Å². The molecule has 0 bridgehead atoms. The van der Waals surface area contributed by atoms with Gasteiger partial charge in [-0.25, -0.2) is 0 Å². The molecule has 0 saturated heterocycles. The number of hydrogen-bond acceptors (Lipinski definition) is 4. The van der Waals surface area contributed by atoms with Crippen LogP contribution in [0.5, 0.6) is 0 Å². The van der Waals surface area contributed by atoms with Crippen LogP contribution in [0.4, 0.5) is 0 Å². The number of rotatable bonds is 8. The van der Waals surface area contributed by atoms with Gasteiger partial charge in [0.05, 0.1) is 6.61 Å². The first-order valence-corrected chi connectivity index (χ1v) is 5.96. The van der Waals surface area contributed by atoms with E-state index in [0.29, 0.717) is 25.2 Å². The molecular formula is C13H24N2O2. The van der Waals surface area contributed by atoms with E-state index in [1.54, 1.807) is 14.0 Å². The molecule has 0 heterocycles. The predicted octanol–water partition coefficient (Wildman–Crippen LogP) is 1.66. The minimum Gasteiger partial charge on any atom is -0.394 e. The number of nitrogens with zero attached hydrogens (tertiary/aromatic N) is 1. The van der Waals surface area contributed by atoms with Crippen LogP contribution in [0.15, 0.2) is 5.16 Å². The SMILES string of the molecule is CC#C/C(=N\OCCNC(C)COC)C(C)C. The van der Waals surface area contributed by atoms with Crippen molar-refractivity contribution in [2.24, 2.45) is 11.1 Å². The van der Waals surface area contributed by atoms with Crippen molar-refractivity contribution in [2.45, 2.75) is 33.7 Å². The Morgan fingerprint density at radius 3 is 2.59 bits per heavy atom. The summed E-state index contributed by atoms with van der Waals surface area (Å²) in [5, 5.41) is 7.29. The summed E-state index contributed by atoms with van der Waals surface area (Å²) >= 11 is 0. The van der Waals surface area contributed by atoms with Gasteiger partial charge in [-0.15, -0.1) is 0 Å². The Hall–Kier alpha value is -1.05. The molecule has 0 fully saturated rings. The van der Waals surface area contributed by atoms with Crippen LogP contribution >= 0.6 is 0 Å². The Labute approximate surface area is 105 Å². The lowest BCUT2D eigenvalue weighted by Gasteiger charge is -2.11. The fourth-order valence-electron chi connectivity index (χ4n) is 1.18. The smallest absolute Gasteiger partial charge is 0.132 e. The first kappa shape index (κ1) is 16.0. The van der Waals surface area contributed by atoms with Crippen molar-refractivity contribution >= 4 is 5.71 Å². The van der Waals surface area contributed by atoms with E-state index in [9.17, 15) is 0 Å². The molecule has 1 atom stereocenters. The summed E-state index contributed by atoms with van der Waals surface area (Å²) in [6, 6.07) is 0.326. The van der Waals surface area contributed by atoms with Crippen molar-refractivity contribution in [3.63, 3.8) is 0 Å². The topological polar surface area (TPSA) is 42.8 Å². The first-order valence-electron chi connectivity index (χ1n) is 5.96. The monoisotopic (exact) mass is 240 g/mol. The lowest BCUT2D eigenvalue weighted by atomic mass is 10.1. The molecular weight excluding hydrogens is 216 g/mol. The largest absolute Gasteiger partial charge is 0.394 e. The van der Waals surface area contributed by atoms with Gasteiger partial charge in [-0.05, 0) is 19.8 Å². The van der Waals surface area contributed by atoms with E-state index < -0.39 is 0 Å². The molecule has 0 saturated carbocycles. The predicted molar refractivity (Wildman–Crippen MR) is 71.0 cm³/mol. The molecule has 0 amide bonds. The molecule has 0 spiro atoms. The number of methoxy groups -OCH3 is 1. The normalized spacial score (nSPS) is 13.2. The third-order valence-corrected chi connectivity index (χ3v) is 2.07. The van der Waals surface area contributed by atoms with Crippen LogP contribution in [0, 0.1) is 17.8 Å². The summed E-state index contributed by atoms with van der Waals surface area (Å²) in [4.78, 5) is 5.22. The zero-order valence-electron chi connectivity index (χ0n) is 11.5. The van der Waals surface area contributed by atoms with Gasteiger partial charge in [-0.1, -0.05) is 24.9 Å². The minimum atomic E-state index is 0.294. The van der Waals surface area contributed by atoms with Gasteiger partial charge < -0.3 is 14.9 Å². The van der Waals surface area contributed by atoms with Crippen LogP contribution < -0.4 is 5.32 Å². The molecule has 0 aromatic heterocycles. The van der Waals surface area contributed by atoms with Crippen LogP contribution in [0.1, 0.15) is 27.7 Å². The summed E-state index contributed by atoms with van der Waals surface area (Å²) in [6.07, 6.45) is 0. The third-order valence-electron chi connectivity index (χ3n) is 2.07. The van der Waals surface area contributed by atoms with E-state index in [-0.39, 0.29) is 0 Å². The maximum Gasteiger partial charge on any atom is 0.132 e. The van der Waals surface area contributed by atoms with Crippen molar-refractivity contribution in [3.8, 4) is 11.8 Å². The zero-order chi connectivity index (χ0) is 13.1. The standard InChI is InChI=1S/C13H24N2O2/c1-6-7-13(11(2)3)15-17-9-8-14-12(4)10-16-5/h11-12,14H,8-10H2,1-5H3/b15-13+. The number of oxime groups is 1. The zero-order valence-corrected chi connectivity index (χ0v) is 11.5. The van der Waals surface area contributed by atoms with Gasteiger partial charge in [0.15, 0.2) is 0 Å². The summed E-state index contributed by atoms with van der Waals surface area (Å²) in [5.74, 6) is 6.06. The third kappa shape index (κ3) is 8.73. The molecule has 1 N–H and O–H groups in total. The van der Waals surface area contributed by atoms with Crippen LogP contribution in [0.25, 0.3) is 0 Å². The highest BCUT2D eigenvalue weighted by Gasteiger charge is 2.02. The first-order chi connectivity index (χ1) is 8.11. The Morgan fingerprint density at radius 2 is 2.06 bits per heavy atom. The fraction of sp³-hybridized carbons (Fsp3) is 0.769. The quantitative estimate of drug-likeness (QED) is 0.304. The Morgan fingerprint density at radius 1 is 1.35 bits per heavy atom. The number of nitrogens with one attached hydrogen (secondary N) is 1. The summed E-state index contributed by atoms with van der Waals surface area (Å²) in [5.41, 5.74) is 0.789. The maximum atomic E-state index is 5.22. The van der Waals surface area contributed by atoms with Gasteiger partial charge in [0, 0.05) is 25.6 Å². The van der Waals surface area contributed by atoms with E-state index in [0.717, 1.165) is 12.3 Å². The molecule has 17 heavy (non-hydrogen) atoms. The van der Waals surface area contributed by atoms with Crippen molar-refractivity contribution in [1.82, 2.24) is 5.32 Å². The van der Waals surface area contributed by atoms with E-state index in [1.807, 2.05) is 13.8 Å². The summed E-state index contributed by atoms with van der Waals surface area (Å²) in [6.45, 7) is 9.94. The molecule has 0 aliphatic heterocycles. The number of hydrogen-bond donors (Lipinski definition) is 1. The fourth-order valence-corrected chi connectivity index (χ4v) is 1.18. The average molecular weight is 240 g/mol. The van der Waals surface area contributed by atoms with Crippen molar-refractivity contribution in [2.75, 3.05) is 26.9 Å². The van der Waals surface area contributed by atoms with E-state index in [2.05, 4.69) is 29.2 Å². The molecule has 0 rings (SSSR count). The molecule has 98 valence electrons. The van der Waals surface area contributed by atoms with Crippen LogP contribution in [-0.2, 0) is 9.57 Å². The second-order valence-electron chi connectivity index (χ2n) is 4.15. The number of ether oxygens (including phenoxy) is 1. The molecule has 4 heteroatoms. The molecule has 1 unspecified atom stereocenters. The molecule has 0 radical (unpaired) electrons. The molecule has 0 aromatic rings. The second kappa shape index (κ2) is 10.1. The van der Waals surface area contributed by atoms with Gasteiger partial charge >= 0.3 is 0 Å². The highest BCUT2D eigenvalue weighted by Crippen LogP contribution is 1.96. The lowest BCUT2D eigenvalue weighted by Crippen LogP contribution is -2.32. The average Bonchev–Trinajstić information content (AvgIpc) is 2.27. The van der Waals surface area contributed by atoms with E-state index in [4.69, 9.17) is 9.57 Å².